The third-order valence-corrected chi connectivity index (χ3v) is 2.65. The minimum Gasteiger partial charge on any atom is -0.496 e. The molecular weight excluding hydrogens is 230 g/mol. The highest BCUT2D eigenvalue weighted by atomic mass is 16.5. The first kappa shape index (κ1) is 12.5. The predicted molar refractivity (Wildman–Crippen MR) is 68.6 cm³/mol. The average molecular weight is 247 g/mol. The predicted octanol–water partition coefficient (Wildman–Crippen LogP) is 2.89. The van der Waals surface area contributed by atoms with Crippen LogP contribution in [0.4, 0.5) is 0 Å². The molecule has 0 saturated heterocycles. The van der Waals surface area contributed by atoms with E-state index in [2.05, 4.69) is 0 Å². The smallest absolute Gasteiger partial charge is 0.146 e. The summed E-state index contributed by atoms with van der Waals surface area (Å²) < 4.78 is 16.3. The Hall–Kier alpha value is -1.94. The maximum atomic E-state index is 5.96. The van der Waals surface area contributed by atoms with Crippen LogP contribution in [0.15, 0.2) is 41.0 Å². The van der Waals surface area contributed by atoms with Crippen LogP contribution in [0.25, 0.3) is 0 Å². The number of benzene rings is 1. The van der Waals surface area contributed by atoms with Crippen molar-refractivity contribution in [3.05, 3.63) is 47.9 Å². The van der Waals surface area contributed by atoms with Gasteiger partial charge in [-0.05, 0) is 31.2 Å². The largest absolute Gasteiger partial charge is 0.496 e. The third kappa shape index (κ3) is 2.65. The fourth-order valence-electron chi connectivity index (χ4n) is 1.82. The van der Waals surface area contributed by atoms with E-state index in [1.165, 1.54) is 0 Å². The highest BCUT2D eigenvalue weighted by Gasteiger charge is 2.14. The summed E-state index contributed by atoms with van der Waals surface area (Å²) in [6.07, 6.45) is 1.62. The molecule has 18 heavy (non-hydrogen) atoms. The quantitative estimate of drug-likeness (QED) is 0.882. The zero-order valence-corrected chi connectivity index (χ0v) is 10.6. The monoisotopic (exact) mass is 247 g/mol. The minimum atomic E-state index is -0.159. The third-order valence-electron chi connectivity index (χ3n) is 2.65. The molecule has 4 nitrogen and oxygen atoms in total. The van der Waals surface area contributed by atoms with Gasteiger partial charge in [-0.3, -0.25) is 0 Å². The first-order valence-electron chi connectivity index (χ1n) is 5.80. The van der Waals surface area contributed by atoms with Crippen molar-refractivity contribution in [3.8, 4) is 11.5 Å². The summed E-state index contributed by atoms with van der Waals surface area (Å²) in [4.78, 5) is 0. The molecule has 0 fully saturated rings. The Bertz CT molecular complexity index is 492. The summed E-state index contributed by atoms with van der Waals surface area (Å²) in [5.74, 6) is 2.23. The first-order valence-corrected chi connectivity index (χ1v) is 5.80. The molecule has 0 radical (unpaired) electrons. The lowest BCUT2D eigenvalue weighted by atomic mass is 10.1. The number of rotatable bonds is 5. The van der Waals surface area contributed by atoms with E-state index in [0.29, 0.717) is 6.61 Å². The number of hydrogen-bond acceptors (Lipinski definition) is 4. The van der Waals surface area contributed by atoms with E-state index in [9.17, 15) is 0 Å². The molecule has 1 unspecified atom stereocenters. The first-order chi connectivity index (χ1) is 8.72. The molecule has 4 heteroatoms. The second-order valence-electron chi connectivity index (χ2n) is 4.03. The van der Waals surface area contributed by atoms with Crippen molar-refractivity contribution in [3.63, 3.8) is 0 Å². The van der Waals surface area contributed by atoms with E-state index in [1.807, 2.05) is 37.3 Å². The molecule has 1 atom stereocenters. The normalized spacial score (nSPS) is 12.2. The SMILES string of the molecule is COc1cccc(OCc2ccco2)c1C(C)N. The number of methoxy groups -OCH3 is 1. The van der Waals surface area contributed by atoms with Gasteiger partial charge >= 0.3 is 0 Å². The molecule has 0 aliphatic rings. The number of ether oxygens (including phenoxy) is 2. The lowest BCUT2D eigenvalue weighted by Gasteiger charge is -2.16. The van der Waals surface area contributed by atoms with Gasteiger partial charge in [-0.1, -0.05) is 6.07 Å². The number of nitrogens with two attached hydrogens (primary N) is 1. The van der Waals surface area contributed by atoms with Gasteiger partial charge in [0, 0.05) is 6.04 Å². The Balaban J connectivity index is 2.21. The molecule has 0 amide bonds. The molecule has 96 valence electrons. The molecule has 2 N–H and O–H groups in total. The van der Waals surface area contributed by atoms with Gasteiger partial charge in [-0.2, -0.15) is 0 Å². The number of hydrogen-bond donors (Lipinski definition) is 1. The van der Waals surface area contributed by atoms with E-state index < -0.39 is 0 Å². The molecule has 1 heterocycles. The van der Waals surface area contributed by atoms with Crippen molar-refractivity contribution in [2.75, 3.05) is 7.11 Å². The van der Waals surface area contributed by atoms with Crippen LogP contribution < -0.4 is 15.2 Å². The van der Waals surface area contributed by atoms with Crippen LogP contribution in [0.5, 0.6) is 11.5 Å². The Morgan fingerprint density at radius 2 is 2.00 bits per heavy atom. The van der Waals surface area contributed by atoms with E-state index in [1.54, 1.807) is 13.4 Å². The highest BCUT2D eigenvalue weighted by molar-refractivity contribution is 5.46. The number of furan rings is 1. The summed E-state index contributed by atoms with van der Waals surface area (Å²) in [6.45, 7) is 2.28. The van der Waals surface area contributed by atoms with Gasteiger partial charge in [-0.25, -0.2) is 0 Å². The summed E-state index contributed by atoms with van der Waals surface area (Å²) in [6, 6.07) is 9.17. The van der Waals surface area contributed by atoms with Crippen LogP contribution >= 0.6 is 0 Å². The standard InChI is InChI=1S/C14H17NO3/c1-10(15)14-12(16-2)6-3-7-13(14)18-9-11-5-4-8-17-11/h3-8,10H,9,15H2,1-2H3. The van der Waals surface area contributed by atoms with Crippen molar-refractivity contribution in [2.24, 2.45) is 5.73 Å². The van der Waals surface area contributed by atoms with Gasteiger partial charge in [0.1, 0.15) is 23.9 Å². The summed E-state index contributed by atoms with van der Waals surface area (Å²) in [7, 11) is 1.62. The Kier molecular flexibility index (Phi) is 3.89. The average Bonchev–Trinajstić information content (AvgIpc) is 2.88. The summed E-state index contributed by atoms with van der Waals surface area (Å²) in [5.41, 5.74) is 6.82. The lowest BCUT2D eigenvalue weighted by molar-refractivity contribution is 0.264. The van der Waals surface area contributed by atoms with Crippen LogP contribution in [0.1, 0.15) is 24.3 Å². The van der Waals surface area contributed by atoms with Gasteiger partial charge in [-0.15, -0.1) is 0 Å². The van der Waals surface area contributed by atoms with Gasteiger partial charge in [0.15, 0.2) is 0 Å². The molecule has 2 aromatic rings. The second-order valence-corrected chi connectivity index (χ2v) is 4.03. The van der Waals surface area contributed by atoms with Gasteiger partial charge in [0.2, 0.25) is 0 Å². The lowest BCUT2D eigenvalue weighted by Crippen LogP contribution is -2.09. The van der Waals surface area contributed by atoms with Crippen LogP contribution in [-0.4, -0.2) is 7.11 Å². The van der Waals surface area contributed by atoms with Crippen molar-refractivity contribution in [1.82, 2.24) is 0 Å². The van der Waals surface area contributed by atoms with E-state index >= 15 is 0 Å². The maximum absolute atomic E-state index is 5.96. The molecule has 1 aromatic heterocycles. The molecule has 0 bridgehead atoms. The summed E-state index contributed by atoms with van der Waals surface area (Å²) in [5, 5.41) is 0. The van der Waals surface area contributed by atoms with Crippen LogP contribution in [-0.2, 0) is 6.61 Å². The Morgan fingerprint density at radius 1 is 1.22 bits per heavy atom. The molecule has 2 rings (SSSR count). The Morgan fingerprint density at radius 3 is 2.61 bits per heavy atom. The summed E-state index contributed by atoms with van der Waals surface area (Å²) >= 11 is 0. The minimum absolute atomic E-state index is 0.159. The van der Waals surface area contributed by atoms with E-state index in [-0.39, 0.29) is 6.04 Å². The van der Waals surface area contributed by atoms with E-state index in [4.69, 9.17) is 19.6 Å². The van der Waals surface area contributed by atoms with Crippen LogP contribution in [0.2, 0.25) is 0 Å². The highest BCUT2D eigenvalue weighted by Crippen LogP contribution is 2.33. The van der Waals surface area contributed by atoms with Crippen LogP contribution in [0.3, 0.4) is 0 Å². The van der Waals surface area contributed by atoms with Gasteiger partial charge in [0.05, 0.1) is 18.9 Å². The van der Waals surface area contributed by atoms with Crippen molar-refractivity contribution < 1.29 is 13.9 Å². The molecule has 0 saturated carbocycles. The molecule has 1 aromatic carbocycles. The molecule has 0 spiro atoms. The van der Waals surface area contributed by atoms with Crippen molar-refractivity contribution in [1.29, 1.82) is 0 Å². The fraction of sp³-hybridized carbons (Fsp3) is 0.286. The zero-order valence-electron chi connectivity index (χ0n) is 10.6. The van der Waals surface area contributed by atoms with Crippen molar-refractivity contribution >= 4 is 0 Å². The topological polar surface area (TPSA) is 57.6 Å². The molecular formula is C14H17NO3. The molecule has 0 aliphatic heterocycles. The van der Waals surface area contributed by atoms with E-state index in [0.717, 1.165) is 22.8 Å². The molecule has 0 aliphatic carbocycles. The van der Waals surface area contributed by atoms with Crippen molar-refractivity contribution in [2.45, 2.75) is 19.6 Å². The zero-order chi connectivity index (χ0) is 13.0. The maximum Gasteiger partial charge on any atom is 0.146 e. The van der Waals surface area contributed by atoms with Gasteiger partial charge in [0.25, 0.3) is 0 Å². The fourth-order valence-corrected chi connectivity index (χ4v) is 1.82. The Labute approximate surface area is 106 Å². The van der Waals surface area contributed by atoms with Gasteiger partial charge < -0.3 is 19.6 Å². The second kappa shape index (κ2) is 5.60. The van der Waals surface area contributed by atoms with Crippen LogP contribution in [0, 0.1) is 0 Å².